The molecule has 0 bridgehead atoms. The smallest absolute Gasteiger partial charge is 0.187 e. The van der Waals surface area contributed by atoms with E-state index in [1.54, 1.807) is 24.3 Å². The summed E-state index contributed by atoms with van der Waals surface area (Å²) in [7, 11) is 0. The van der Waals surface area contributed by atoms with Crippen LogP contribution >= 0.6 is 0 Å². The van der Waals surface area contributed by atoms with Gasteiger partial charge in [0.05, 0.1) is 6.57 Å². The predicted molar refractivity (Wildman–Crippen MR) is 53.5 cm³/mol. The van der Waals surface area contributed by atoms with Gasteiger partial charge in [0.2, 0.25) is 0 Å². The molecule has 0 fully saturated rings. The molecule has 0 saturated carbocycles. The average molecular weight is 198 g/mol. The van der Waals surface area contributed by atoms with Gasteiger partial charge in [-0.15, -0.1) is 0 Å². The molecule has 0 spiro atoms. The Balaban J connectivity index is 2.46. The van der Waals surface area contributed by atoms with Gasteiger partial charge in [0, 0.05) is 5.56 Å². The van der Waals surface area contributed by atoms with E-state index in [2.05, 4.69) is 20.3 Å². The molecular weight excluding hydrogens is 192 g/mol. The Kier molecular flexibility index (Phi) is 2.25. The van der Waals surface area contributed by atoms with E-state index in [0.29, 0.717) is 17.7 Å². The summed E-state index contributed by atoms with van der Waals surface area (Å²) in [5.74, 6) is 0. The third-order valence-corrected chi connectivity index (χ3v) is 1.96. The molecule has 15 heavy (non-hydrogen) atoms. The van der Waals surface area contributed by atoms with Crippen LogP contribution in [0.1, 0.15) is 10.5 Å². The highest BCUT2D eigenvalue weighted by Crippen LogP contribution is 2.21. The van der Waals surface area contributed by atoms with Crippen LogP contribution in [0.15, 0.2) is 24.3 Å². The number of benzene rings is 1. The standard InChI is InChI=1S/C10H6N4O/c1-11-8-4-2-7(3-5-8)10-9(6-15)12-14-13-10/h2-6H,(H,12,13,14). The lowest BCUT2D eigenvalue weighted by molar-refractivity contribution is 0.111. The van der Waals surface area contributed by atoms with Gasteiger partial charge in [0.1, 0.15) is 5.69 Å². The summed E-state index contributed by atoms with van der Waals surface area (Å²) in [6, 6.07) is 6.81. The molecule has 5 nitrogen and oxygen atoms in total. The lowest BCUT2D eigenvalue weighted by Gasteiger charge is -1.96. The molecule has 1 N–H and O–H groups in total. The molecule has 0 radical (unpaired) electrons. The number of aldehydes is 1. The molecule has 5 heteroatoms. The normalized spacial score (nSPS) is 9.53. The number of aromatic amines is 1. The molecule has 72 valence electrons. The van der Waals surface area contributed by atoms with Crippen LogP contribution in [0, 0.1) is 6.57 Å². The summed E-state index contributed by atoms with van der Waals surface area (Å²) < 4.78 is 0. The van der Waals surface area contributed by atoms with E-state index in [1.807, 2.05) is 0 Å². The molecule has 1 aromatic heterocycles. The van der Waals surface area contributed by atoms with Gasteiger partial charge >= 0.3 is 0 Å². The van der Waals surface area contributed by atoms with Crippen molar-refractivity contribution in [2.45, 2.75) is 0 Å². The molecule has 2 rings (SSSR count). The van der Waals surface area contributed by atoms with Gasteiger partial charge in [-0.05, 0) is 0 Å². The Morgan fingerprint density at radius 3 is 2.60 bits per heavy atom. The minimum Gasteiger partial charge on any atom is -0.296 e. The van der Waals surface area contributed by atoms with Crippen molar-refractivity contribution in [3.05, 3.63) is 41.4 Å². The van der Waals surface area contributed by atoms with Crippen LogP contribution in [-0.2, 0) is 0 Å². The maximum atomic E-state index is 10.6. The van der Waals surface area contributed by atoms with E-state index in [4.69, 9.17) is 6.57 Å². The van der Waals surface area contributed by atoms with Gasteiger partial charge in [-0.1, -0.05) is 24.3 Å². The van der Waals surface area contributed by atoms with Crippen LogP contribution < -0.4 is 0 Å². The van der Waals surface area contributed by atoms with Crippen LogP contribution in [0.25, 0.3) is 16.1 Å². The average Bonchev–Trinajstić information content (AvgIpc) is 2.77. The van der Waals surface area contributed by atoms with Gasteiger partial charge < -0.3 is 0 Å². The fraction of sp³-hybridized carbons (Fsp3) is 0. The molecule has 1 aromatic carbocycles. The Morgan fingerprint density at radius 2 is 2.00 bits per heavy atom. The first kappa shape index (κ1) is 9.09. The second kappa shape index (κ2) is 3.72. The molecule has 0 amide bonds. The highest BCUT2D eigenvalue weighted by Gasteiger charge is 2.08. The van der Waals surface area contributed by atoms with Crippen LogP contribution in [-0.4, -0.2) is 21.7 Å². The summed E-state index contributed by atoms with van der Waals surface area (Å²) in [6.45, 7) is 6.80. The minimum absolute atomic E-state index is 0.269. The zero-order valence-electron chi connectivity index (χ0n) is 7.64. The monoisotopic (exact) mass is 198 g/mol. The topological polar surface area (TPSA) is 63.0 Å². The summed E-state index contributed by atoms with van der Waals surface area (Å²) in [5, 5.41) is 9.94. The largest absolute Gasteiger partial charge is 0.296 e. The SMILES string of the molecule is [C-]#[N+]c1ccc(-c2n[nH]nc2C=O)cc1. The fourth-order valence-corrected chi connectivity index (χ4v) is 1.23. The fourth-order valence-electron chi connectivity index (χ4n) is 1.23. The Labute approximate surface area is 85.6 Å². The summed E-state index contributed by atoms with van der Waals surface area (Å²) in [4.78, 5) is 13.9. The van der Waals surface area contributed by atoms with Gasteiger partial charge in [-0.3, -0.25) is 4.79 Å². The molecule has 0 aliphatic rings. The lowest BCUT2D eigenvalue weighted by Crippen LogP contribution is -1.84. The van der Waals surface area contributed by atoms with E-state index in [-0.39, 0.29) is 5.69 Å². The Bertz CT molecular complexity index is 521. The van der Waals surface area contributed by atoms with Gasteiger partial charge in [0.15, 0.2) is 17.7 Å². The number of H-pyrrole nitrogens is 1. The Morgan fingerprint density at radius 1 is 1.27 bits per heavy atom. The molecule has 1 heterocycles. The summed E-state index contributed by atoms with van der Waals surface area (Å²) in [5.41, 5.74) is 2.08. The zero-order valence-corrected chi connectivity index (χ0v) is 7.64. The van der Waals surface area contributed by atoms with Crippen molar-refractivity contribution in [3.63, 3.8) is 0 Å². The quantitative estimate of drug-likeness (QED) is 0.591. The van der Waals surface area contributed by atoms with E-state index in [9.17, 15) is 4.79 Å². The second-order valence-electron chi connectivity index (χ2n) is 2.83. The van der Waals surface area contributed by atoms with Crippen molar-refractivity contribution < 1.29 is 4.79 Å². The molecule has 0 aliphatic heterocycles. The second-order valence-corrected chi connectivity index (χ2v) is 2.83. The molecule has 0 saturated heterocycles. The van der Waals surface area contributed by atoms with Crippen molar-refractivity contribution in [3.8, 4) is 11.3 Å². The van der Waals surface area contributed by atoms with Crippen molar-refractivity contribution in [2.24, 2.45) is 0 Å². The van der Waals surface area contributed by atoms with Crippen molar-refractivity contribution in [1.82, 2.24) is 15.4 Å². The first-order chi connectivity index (χ1) is 7.35. The number of aromatic nitrogens is 3. The van der Waals surface area contributed by atoms with Crippen LogP contribution in [0.4, 0.5) is 5.69 Å². The number of hydrogen-bond donors (Lipinski definition) is 1. The molecule has 0 atom stereocenters. The maximum Gasteiger partial charge on any atom is 0.187 e. The number of rotatable bonds is 2. The van der Waals surface area contributed by atoms with Crippen LogP contribution in [0.2, 0.25) is 0 Å². The zero-order chi connectivity index (χ0) is 10.7. The van der Waals surface area contributed by atoms with Gasteiger partial charge in [-0.25, -0.2) is 4.85 Å². The first-order valence-electron chi connectivity index (χ1n) is 4.19. The summed E-state index contributed by atoms with van der Waals surface area (Å²) in [6.07, 6.45) is 0.640. The number of nitrogens with zero attached hydrogens (tertiary/aromatic N) is 3. The third-order valence-electron chi connectivity index (χ3n) is 1.96. The van der Waals surface area contributed by atoms with Crippen molar-refractivity contribution in [2.75, 3.05) is 0 Å². The van der Waals surface area contributed by atoms with Crippen molar-refractivity contribution in [1.29, 1.82) is 0 Å². The van der Waals surface area contributed by atoms with Gasteiger partial charge in [0.25, 0.3) is 0 Å². The molecule has 2 aromatic rings. The molecular formula is C10H6N4O. The maximum absolute atomic E-state index is 10.6. The lowest BCUT2D eigenvalue weighted by atomic mass is 10.1. The van der Waals surface area contributed by atoms with E-state index in [1.165, 1.54) is 0 Å². The van der Waals surface area contributed by atoms with Crippen molar-refractivity contribution >= 4 is 12.0 Å². The third kappa shape index (κ3) is 1.60. The number of carbonyl (C=O) groups is 1. The molecule has 0 aliphatic carbocycles. The number of hydrogen-bond acceptors (Lipinski definition) is 3. The number of carbonyl (C=O) groups excluding carboxylic acids is 1. The van der Waals surface area contributed by atoms with Gasteiger partial charge in [-0.2, -0.15) is 15.4 Å². The number of nitrogens with one attached hydrogen (secondary N) is 1. The van der Waals surface area contributed by atoms with Crippen LogP contribution in [0.3, 0.4) is 0 Å². The predicted octanol–water partition coefficient (Wildman–Crippen LogP) is 1.83. The minimum atomic E-state index is 0.269. The Hall–Kier alpha value is -2.48. The summed E-state index contributed by atoms with van der Waals surface area (Å²) >= 11 is 0. The van der Waals surface area contributed by atoms with Crippen LogP contribution in [0.5, 0.6) is 0 Å². The van der Waals surface area contributed by atoms with E-state index in [0.717, 1.165) is 5.56 Å². The van der Waals surface area contributed by atoms with E-state index < -0.39 is 0 Å². The first-order valence-corrected chi connectivity index (χ1v) is 4.19. The highest BCUT2D eigenvalue weighted by molar-refractivity contribution is 5.83. The highest BCUT2D eigenvalue weighted by atomic mass is 16.1. The molecule has 0 unspecified atom stereocenters. The van der Waals surface area contributed by atoms with E-state index >= 15 is 0 Å².